The van der Waals surface area contributed by atoms with Gasteiger partial charge in [0.2, 0.25) is 5.91 Å². The zero-order chi connectivity index (χ0) is 18.1. The molecule has 1 aliphatic rings. The van der Waals surface area contributed by atoms with Gasteiger partial charge < -0.3 is 9.64 Å². The fourth-order valence-corrected chi connectivity index (χ4v) is 3.28. The number of aromatic nitrogens is 2. The van der Waals surface area contributed by atoms with Crippen LogP contribution in [0.25, 0.3) is 0 Å². The number of amides is 1. The average Bonchev–Trinajstić information content (AvgIpc) is 2.87. The number of fused-ring (bicyclic) bond motifs is 1. The summed E-state index contributed by atoms with van der Waals surface area (Å²) in [6.45, 7) is 3.79. The van der Waals surface area contributed by atoms with Crippen molar-refractivity contribution in [2.75, 3.05) is 18.6 Å². The molecule has 2 aromatic rings. The molecule has 8 heteroatoms. The van der Waals surface area contributed by atoms with E-state index >= 15 is 0 Å². The smallest absolute Gasteiger partial charge is 0.312 e. The van der Waals surface area contributed by atoms with Gasteiger partial charge in [-0.15, -0.1) is 0 Å². The number of benzene rings is 1. The molecule has 0 atom stereocenters. The van der Waals surface area contributed by atoms with E-state index in [-0.39, 0.29) is 18.1 Å². The normalized spacial score (nSPS) is 13.5. The molecule has 0 bridgehead atoms. The fourth-order valence-electron chi connectivity index (χ4n) is 3.28. The maximum absolute atomic E-state index is 12.8. The van der Waals surface area contributed by atoms with Gasteiger partial charge in [-0.25, -0.2) is 0 Å². The minimum Gasteiger partial charge on any atom is -0.497 e. The Kier molecular flexibility index (Phi) is 4.43. The summed E-state index contributed by atoms with van der Waals surface area (Å²) in [4.78, 5) is 25.2. The third-order valence-corrected chi connectivity index (χ3v) is 4.52. The minimum atomic E-state index is -0.457. The number of hydrogen-bond donors (Lipinski definition) is 0. The van der Waals surface area contributed by atoms with Crippen LogP contribution in [0.5, 0.6) is 5.75 Å². The molecule has 1 aromatic heterocycles. The van der Waals surface area contributed by atoms with Crippen molar-refractivity contribution >= 4 is 17.3 Å². The van der Waals surface area contributed by atoms with Crippen LogP contribution < -0.4 is 9.64 Å². The van der Waals surface area contributed by atoms with E-state index in [2.05, 4.69) is 5.10 Å². The molecule has 0 saturated carbocycles. The lowest BCUT2D eigenvalue weighted by Gasteiger charge is -2.30. The standard InChI is InChI=1S/C17H20N4O4/c1-11-17(21(23)24)12(2)20(18-11)10-16(22)19-8-4-5-13-9-14(25-3)6-7-15(13)19/h6-7,9H,4-5,8,10H2,1-3H3. The second-order valence-electron chi connectivity index (χ2n) is 6.08. The molecule has 25 heavy (non-hydrogen) atoms. The van der Waals surface area contributed by atoms with Crippen molar-refractivity contribution in [1.29, 1.82) is 0 Å². The van der Waals surface area contributed by atoms with Gasteiger partial charge in [-0.1, -0.05) is 0 Å². The Labute approximate surface area is 145 Å². The van der Waals surface area contributed by atoms with Crippen LogP contribution in [0.3, 0.4) is 0 Å². The molecule has 1 amide bonds. The molecule has 2 heterocycles. The van der Waals surface area contributed by atoms with Gasteiger partial charge in [0.05, 0.1) is 12.0 Å². The van der Waals surface area contributed by atoms with Gasteiger partial charge in [0.15, 0.2) is 0 Å². The predicted molar refractivity (Wildman–Crippen MR) is 92.0 cm³/mol. The molecule has 1 aliphatic heterocycles. The first-order chi connectivity index (χ1) is 11.9. The van der Waals surface area contributed by atoms with E-state index in [1.807, 2.05) is 18.2 Å². The fraction of sp³-hybridized carbons (Fsp3) is 0.412. The lowest BCUT2D eigenvalue weighted by Crippen LogP contribution is -2.38. The number of anilines is 1. The number of aryl methyl sites for hydroxylation is 2. The van der Waals surface area contributed by atoms with Crippen molar-refractivity contribution in [2.45, 2.75) is 33.2 Å². The zero-order valence-corrected chi connectivity index (χ0v) is 14.5. The molecule has 0 N–H and O–H groups in total. The Hall–Kier alpha value is -2.90. The number of ether oxygens (including phenoxy) is 1. The molecule has 0 aliphatic carbocycles. The van der Waals surface area contributed by atoms with Gasteiger partial charge in [0.25, 0.3) is 0 Å². The van der Waals surface area contributed by atoms with Gasteiger partial charge in [-0.3, -0.25) is 19.6 Å². The van der Waals surface area contributed by atoms with E-state index < -0.39 is 4.92 Å². The van der Waals surface area contributed by atoms with Crippen molar-refractivity contribution in [2.24, 2.45) is 0 Å². The maximum Gasteiger partial charge on any atom is 0.312 e. The second kappa shape index (κ2) is 6.54. The molecule has 132 valence electrons. The SMILES string of the molecule is COc1ccc2c(c1)CCCN2C(=O)Cn1nc(C)c([N+](=O)[O-])c1C. The summed E-state index contributed by atoms with van der Waals surface area (Å²) in [5, 5.41) is 15.3. The topological polar surface area (TPSA) is 90.5 Å². The first-order valence-electron chi connectivity index (χ1n) is 8.08. The Morgan fingerprint density at radius 3 is 2.80 bits per heavy atom. The lowest BCUT2D eigenvalue weighted by molar-refractivity contribution is -0.386. The Morgan fingerprint density at radius 2 is 2.16 bits per heavy atom. The van der Waals surface area contributed by atoms with Crippen molar-refractivity contribution in [3.05, 3.63) is 45.3 Å². The highest BCUT2D eigenvalue weighted by molar-refractivity contribution is 5.94. The molecule has 1 aromatic carbocycles. The highest BCUT2D eigenvalue weighted by Gasteiger charge is 2.27. The van der Waals surface area contributed by atoms with E-state index in [0.717, 1.165) is 29.8 Å². The first-order valence-corrected chi connectivity index (χ1v) is 8.08. The van der Waals surface area contributed by atoms with Gasteiger partial charge in [-0.05, 0) is 50.5 Å². The van der Waals surface area contributed by atoms with E-state index in [0.29, 0.717) is 17.9 Å². The van der Waals surface area contributed by atoms with Crippen LogP contribution in [-0.4, -0.2) is 34.3 Å². The number of carbonyl (C=O) groups is 1. The van der Waals surface area contributed by atoms with Crippen LogP contribution >= 0.6 is 0 Å². The zero-order valence-electron chi connectivity index (χ0n) is 14.5. The van der Waals surface area contributed by atoms with E-state index in [4.69, 9.17) is 4.74 Å². The summed E-state index contributed by atoms with van der Waals surface area (Å²) in [5.41, 5.74) is 2.62. The van der Waals surface area contributed by atoms with Crippen molar-refractivity contribution in [3.8, 4) is 5.75 Å². The van der Waals surface area contributed by atoms with Crippen molar-refractivity contribution < 1.29 is 14.5 Å². The predicted octanol–water partition coefficient (Wildman–Crippen LogP) is 2.40. The lowest BCUT2D eigenvalue weighted by atomic mass is 10.0. The van der Waals surface area contributed by atoms with Crippen LogP contribution in [0, 0.1) is 24.0 Å². The number of nitro groups is 1. The third kappa shape index (κ3) is 3.07. The molecule has 0 spiro atoms. The van der Waals surface area contributed by atoms with Crippen LogP contribution in [0.1, 0.15) is 23.4 Å². The number of hydrogen-bond acceptors (Lipinski definition) is 5. The summed E-state index contributed by atoms with van der Waals surface area (Å²) in [6.07, 6.45) is 1.75. The van der Waals surface area contributed by atoms with Gasteiger partial charge in [0, 0.05) is 12.2 Å². The van der Waals surface area contributed by atoms with Gasteiger partial charge in [0.1, 0.15) is 23.7 Å². The molecule has 0 radical (unpaired) electrons. The first kappa shape index (κ1) is 16.9. The quantitative estimate of drug-likeness (QED) is 0.627. The number of carbonyl (C=O) groups excluding carboxylic acids is 1. The van der Waals surface area contributed by atoms with E-state index in [1.54, 1.807) is 25.9 Å². The molecule has 8 nitrogen and oxygen atoms in total. The highest BCUT2D eigenvalue weighted by atomic mass is 16.6. The number of methoxy groups -OCH3 is 1. The largest absolute Gasteiger partial charge is 0.497 e. The highest BCUT2D eigenvalue weighted by Crippen LogP contribution is 2.31. The van der Waals surface area contributed by atoms with Crippen molar-refractivity contribution in [3.63, 3.8) is 0 Å². The summed E-state index contributed by atoms with van der Waals surface area (Å²) < 4.78 is 6.65. The monoisotopic (exact) mass is 344 g/mol. The summed E-state index contributed by atoms with van der Waals surface area (Å²) >= 11 is 0. The molecule has 0 fully saturated rings. The minimum absolute atomic E-state index is 0.0218. The third-order valence-electron chi connectivity index (χ3n) is 4.52. The molecular weight excluding hydrogens is 324 g/mol. The number of rotatable bonds is 4. The molecule has 0 saturated heterocycles. The average molecular weight is 344 g/mol. The Morgan fingerprint density at radius 1 is 1.40 bits per heavy atom. The van der Waals surface area contributed by atoms with Crippen LogP contribution in [-0.2, 0) is 17.8 Å². The van der Waals surface area contributed by atoms with E-state index in [1.165, 1.54) is 4.68 Å². The molecular formula is C17H20N4O4. The second-order valence-corrected chi connectivity index (χ2v) is 6.08. The summed E-state index contributed by atoms with van der Waals surface area (Å²) in [7, 11) is 1.61. The Bertz CT molecular complexity index is 843. The van der Waals surface area contributed by atoms with Gasteiger partial charge >= 0.3 is 5.69 Å². The molecule has 0 unspecified atom stereocenters. The van der Waals surface area contributed by atoms with E-state index in [9.17, 15) is 14.9 Å². The maximum atomic E-state index is 12.8. The van der Waals surface area contributed by atoms with Crippen LogP contribution in [0.4, 0.5) is 11.4 Å². The Balaban J connectivity index is 1.86. The van der Waals surface area contributed by atoms with Crippen molar-refractivity contribution in [1.82, 2.24) is 9.78 Å². The summed E-state index contributed by atoms with van der Waals surface area (Å²) in [5.74, 6) is 0.633. The van der Waals surface area contributed by atoms with Crippen LogP contribution in [0.15, 0.2) is 18.2 Å². The summed E-state index contributed by atoms with van der Waals surface area (Å²) in [6, 6.07) is 5.66. The number of nitrogens with zero attached hydrogens (tertiary/aromatic N) is 4. The van der Waals surface area contributed by atoms with Crippen LogP contribution in [0.2, 0.25) is 0 Å². The molecule has 3 rings (SSSR count). The van der Waals surface area contributed by atoms with Gasteiger partial charge in [-0.2, -0.15) is 5.10 Å².